The van der Waals surface area contributed by atoms with Crippen LogP contribution < -0.4 is 16.2 Å². The minimum atomic E-state index is -2.12. The van der Waals surface area contributed by atoms with Crippen LogP contribution in [0.25, 0.3) is 28.0 Å². The molecule has 1 atom stereocenters. The summed E-state index contributed by atoms with van der Waals surface area (Å²) < 4.78 is 59.5. The number of amides is 1. The van der Waals surface area contributed by atoms with Gasteiger partial charge in [0.25, 0.3) is 5.56 Å². The maximum atomic E-state index is 15.2. The van der Waals surface area contributed by atoms with Crippen LogP contribution in [0.1, 0.15) is 43.5 Å². The molecule has 0 bridgehead atoms. The summed E-state index contributed by atoms with van der Waals surface area (Å²) in [6, 6.07) is 4.59. The molecule has 1 aromatic carbocycles. The van der Waals surface area contributed by atoms with Crippen molar-refractivity contribution in [3.63, 3.8) is 0 Å². The summed E-state index contributed by atoms with van der Waals surface area (Å²) in [7, 11) is 0. The zero-order chi connectivity index (χ0) is 33.8. The lowest BCUT2D eigenvalue weighted by molar-refractivity contribution is -0.128. The number of halogens is 5. The summed E-state index contributed by atoms with van der Waals surface area (Å²) in [5.41, 5.74) is 3.41. The number of hydrogen-bond acceptors (Lipinski definition) is 7. The van der Waals surface area contributed by atoms with Gasteiger partial charge in [-0.15, -0.1) is 0 Å². The van der Waals surface area contributed by atoms with Gasteiger partial charge in [0.05, 0.1) is 39.0 Å². The van der Waals surface area contributed by atoms with Gasteiger partial charge in [-0.25, -0.2) is 22.5 Å². The van der Waals surface area contributed by atoms with Crippen LogP contribution in [0.15, 0.2) is 35.8 Å². The van der Waals surface area contributed by atoms with Crippen LogP contribution in [0.5, 0.6) is 0 Å². The molecular weight excluding hydrogens is 626 g/mol. The van der Waals surface area contributed by atoms with E-state index in [1.807, 2.05) is 19.9 Å². The van der Waals surface area contributed by atoms with Crippen LogP contribution in [0.3, 0.4) is 0 Å². The Labute approximate surface area is 266 Å². The minimum Gasteiger partial charge on any atom is -0.396 e. The van der Waals surface area contributed by atoms with E-state index in [1.165, 1.54) is 12.1 Å². The molecule has 3 aromatic heterocycles. The van der Waals surface area contributed by atoms with E-state index in [4.69, 9.17) is 17.3 Å². The van der Waals surface area contributed by atoms with Crippen LogP contribution in [0.4, 0.5) is 28.9 Å². The maximum Gasteiger partial charge on any atom is 0.276 e. The van der Waals surface area contributed by atoms with Gasteiger partial charge in [-0.05, 0) is 43.5 Å². The number of benzene rings is 1. The minimum absolute atomic E-state index is 0.148. The Morgan fingerprint density at radius 3 is 2.46 bits per heavy atom. The number of piperazine rings is 1. The number of carbonyl (C=O) groups excluding carboxylic acids is 1. The lowest BCUT2D eigenvalue weighted by Crippen LogP contribution is -2.54. The molecule has 1 amide bonds. The molecule has 1 saturated heterocycles. The summed E-state index contributed by atoms with van der Waals surface area (Å²) in [6.45, 7) is 11.4. The van der Waals surface area contributed by atoms with Gasteiger partial charge in [0.1, 0.15) is 17.3 Å². The van der Waals surface area contributed by atoms with Crippen LogP contribution in [-0.2, 0) is 4.79 Å². The first-order valence-electron chi connectivity index (χ1n) is 14.2. The van der Waals surface area contributed by atoms with Crippen molar-refractivity contribution in [2.24, 2.45) is 0 Å². The first-order chi connectivity index (χ1) is 21.7. The predicted molar refractivity (Wildman–Crippen MR) is 167 cm³/mol. The number of nitrogens with zero attached hydrogens (tertiary/aromatic N) is 6. The number of carbonyl (C=O) groups is 1. The van der Waals surface area contributed by atoms with E-state index in [1.54, 1.807) is 35.9 Å². The van der Waals surface area contributed by atoms with Crippen LogP contribution in [0.2, 0.25) is 5.02 Å². The number of rotatable bonds is 5. The molecular formula is C32H28ClF4N7O2. The van der Waals surface area contributed by atoms with E-state index >= 15 is 4.39 Å². The van der Waals surface area contributed by atoms with Crippen molar-refractivity contribution >= 4 is 39.9 Å². The summed E-state index contributed by atoms with van der Waals surface area (Å²) in [5.74, 6) is -8.40. The second-order valence-electron chi connectivity index (χ2n) is 11.3. The van der Waals surface area contributed by atoms with Gasteiger partial charge in [0, 0.05) is 37.3 Å². The van der Waals surface area contributed by atoms with Crippen molar-refractivity contribution in [3.05, 3.63) is 86.5 Å². The highest BCUT2D eigenvalue weighted by molar-refractivity contribution is 6.34. The Kier molecular flexibility index (Phi) is 8.53. The highest BCUT2D eigenvalue weighted by atomic mass is 35.5. The molecule has 0 saturated carbocycles. The van der Waals surface area contributed by atoms with Crippen LogP contribution >= 0.6 is 11.6 Å². The molecule has 4 aromatic rings. The van der Waals surface area contributed by atoms with E-state index in [9.17, 15) is 28.0 Å². The Balaban J connectivity index is 1.94. The number of nitriles is 1. The first kappa shape index (κ1) is 32.4. The Hall–Kier alpha value is -4.96. The Bertz CT molecular complexity index is 2030. The van der Waals surface area contributed by atoms with Gasteiger partial charge >= 0.3 is 0 Å². The van der Waals surface area contributed by atoms with Crippen LogP contribution in [0, 0.1) is 41.5 Å². The average molecular weight is 654 g/mol. The predicted octanol–water partition coefficient (Wildman–Crippen LogP) is 5.77. The number of anilines is 2. The number of fused-ring (bicyclic) bond motifs is 1. The molecule has 0 radical (unpaired) electrons. The number of nitrogens with two attached hydrogens (primary N) is 1. The molecule has 14 heteroatoms. The average Bonchev–Trinajstić information content (AvgIpc) is 3.02. The molecule has 5 rings (SSSR count). The monoisotopic (exact) mass is 653 g/mol. The molecule has 0 unspecified atom stereocenters. The molecule has 1 aliphatic heterocycles. The lowest BCUT2D eigenvalue weighted by atomic mass is 10.0. The molecule has 238 valence electrons. The van der Waals surface area contributed by atoms with Crippen molar-refractivity contribution in [2.75, 3.05) is 30.3 Å². The standard InChI is InChI=1S/C32H28ClF4N7O2/c1-6-20(45)43-10-9-42(13-16(43)5)30-17-11-19(33)28(21-22(34)23(35)24(36)25(37)26(21)39)41-31(17)44(32(46)18(30)12-38)29-15(4)7-8-40-27(29)14(2)3/h6-8,11,14,16H,1,9-10,13,39H2,2-5H3/t16-/m1/s1. The molecule has 0 aliphatic carbocycles. The molecule has 1 fully saturated rings. The van der Waals surface area contributed by atoms with Crippen molar-refractivity contribution < 1.29 is 22.4 Å². The molecule has 1 aliphatic rings. The SMILES string of the molecule is C=CC(=O)N1CCN(c2c(C#N)c(=O)n(-c3c(C)ccnc3C(C)C)c3nc(-c4c(N)c(F)c(F)c(F)c4F)c(Cl)cc23)C[C@H]1C. The lowest BCUT2D eigenvalue weighted by Gasteiger charge is -2.41. The van der Waals surface area contributed by atoms with E-state index in [0.717, 1.165) is 4.57 Å². The highest BCUT2D eigenvalue weighted by Crippen LogP contribution is 2.41. The number of aryl methyl sites for hydroxylation is 1. The molecule has 0 spiro atoms. The normalized spacial score (nSPS) is 15.0. The smallest absolute Gasteiger partial charge is 0.276 e. The van der Waals surface area contributed by atoms with E-state index in [-0.39, 0.29) is 70.5 Å². The number of aromatic nitrogens is 3. The van der Waals surface area contributed by atoms with E-state index in [0.29, 0.717) is 11.3 Å². The summed E-state index contributed by atoms with van der Waals surface area (Å²) in [4.78, 5) is 39.1. The first-order valence-corrected chi connectivity index (χ1v) is 14.6. The maximum absolute atomic E-state index is 15.2. The molecule has 2 N–H and O–H groups in total. The number of pyridine rings is 3. The fraction of sp³-hybridized carbons (Fsp3) is 0.281. The third-order valence-electron chi connectivity index (χ3n) is 8.05. The van der Waals surface area contributed by atoms with Gasteiger partial charge < -0.3 is 15.5 Å². The van der Waals surface area contributed by atoms with Gasteiger partial charge in [-0.3, -0.25) is 19.1 Å². The zero-order valence-electron chi connectivity index (χ0n) is 25.3. The Morgan fingerprint density at radius 1 is 1.17 bits per heavy atom. The third kappa shape index (κ3) is 5.02. The topological polar surface area (TPSA) is 121 Å². The molecule has 4 heterocycles. The van der Waals surface area contributed by atoms with Crippen molar-refractivity contribution in [2.45, 2.75) is 39.7 Å². The third-order valence-corrected chi connectivity index (χ3v) is 8.34. The Morgan fingerprint density at radius 2 is 1.85 bits per heavy atom. The molecule has 46 heavy (non-hydrogen) atoms. The summed E-state index contributed by atoms with van der Waals surface area (Å²) >= 11 is 6.61. The zero-order valence-corrected chi connectivity index (χ0v) is 26.0. The quantitative estimate of drug-likeness (QED) is 0.0955. The van der Waals surface area contributed by atoms with Gasteiger partial charge in [-0.2, -0.15) is 5.26 Å². The molecule has 9 nitrogen and oxygen atoms in total. The number of nitrogen functional groups attached to an aromatic ring is 1. The number of hydrogen-bond donors (Lipinski definition) is 1. The summed E-state index contributed by atoms with van der Waals surface area (Å²) in [5, 5.41) is 10.2. The fourth-order valence-electron chi connectivity index (χ4n) is 5.85. The van der Waals surface area contributed by atoms with Gasteiger partial charge in [0.15, 0.2) is 23.3 Å². The second-order valence-corrected chi connectivity index (χ2v) is 11.7. The van der Waals surface area contributed by atoms with Crippen molar-refractivity contribution in [3.8, 4) is 23.0 Å². The van der Waals surface area contributed by atoms with Gasteiger partial charge in [-0.1, -0.05) is 32.0 Å². The summed E-state index contributed by atoms with van der Waals surface area (Å²) in [6.07, 6.45) is 2.76. The van der Waals surface area contributed by atoms with Crippen molar-refractivity contribution in [1.82, 2.24) is 19.4 Å². The highest BCUT2D eigenvalue weighted by Gasteiger charge is 2.33. The van der Waals surface area contributed by atoms with E-state index < -0.39 is 45.8 Å². The van der Waals surface area contributed by atoms with E-state index in [2.05, 4.69) is 16.5 Å². The largest absolute Gasteiger partial charge is 0.396 e. The van der Waals surface area contributed by atoms with Crippen LogP contribution in [-0.4, -0.2) is 51.0 Å². The van der Waals surface area contributed by atoms with Gasteiger partial charge in [0.2, 0.25) is 5.91 Å². The van der Waals surface area contributed by atoms with Crippen molar-refractivity contribution in [1.29, 1.82) is 5.26 Å². The second kappa shape index (κ2) is 12.1. The fourth-order valence-corrected chi connectivity index (χ4v) is 6.10.